The average Bonchev–Trinajstić information content (AvgIpc) is 2.80. The first-order valence-corrected chi connectivity index (χ1v) is 5.50. The van der Waals surface area contributed by atoms with E-state index in [1.165, 1.54) is 18.4 Å². The van der Waals surface area contributed by atoms with Crippen molar-refractivity contribution in [2.45, 2.75) is 39.5 Å². The number of allylic oxidation sites excluding steroid dienone is 1. The summed E-state index contributed by atoms with van der Waals surface area (Å²) in [7, 11) is 1.97. The predicted octanol–water partition coefficient (Wildman–Crippen LogP) is 1.86. The van der Waals surface area contributed by atoms with Gasteiger partial charge < -0.3 is 10.2 Å². The Morgan fingerprint density at radius 3 is 2.21 bits per heavy atom. The second-order valence-electron chi connectivity index (χ2n) is 3.52. The minimum absolute atomic E-state index is 0.120. The Labute approximate surface area is 86.2 Å². The number of likely N-dealkylation sites (N-methyl/N-ethyl adjacent to an activating group) is 1. The number of carbonyl (C=O) groups excluding carboxylic acids is 1. The fourth-order valence-corrected chi connectivity index (χ4v) is 2.00. The van der Waals surface area contributed by atoms with Gasteiger partial charge in [0.15, 0.2) is 0 Å². The zero-order valence-corrected chi connectivity index (χ0v) is 9.39. The fourth-order valence-electron chi connectivity index (χ4n) is 2.00. The van der Waals surface area contributed by atoms with Crippen LogP contribution in [0.2, 0.25) is 0 Å². The van der Waals surface area contributed by atoms with Crippen molar-refractivity contribution in [1.82, 2.24) is 10.2 Å². The molecule has 0 unspecified atom stereocenters. The molecule has 1 saturated heterocycles. The van der Waals surface area contributed by atoms with Crippen LogP contribution in [0.4, 0.5) is 0 Å². The van der Waals surface area contributed by atoms with Gasteiger partial charge >= 0.3 is 0 Å². The standard InChI is InChI=1S/C9H14N2O.C2H6/c1-11-6-10-9(12)8(11)7-4-2-3-5-7;1-2/h2-6H2,1H3,(H,10,12);1-2H3. The summed E-state index contributed by atoms with van der Waals surface area (Å²) in [5, 5.41) is 2.83. The molecule has 0 aromatic carbocycles. The molecule has 0 radical (unpaired) electrons. The van der Waals surface area contributed by atoms with Crippen molar-refractivity contribution in [2.75, 3.05) is 13.7 Å². The first-order valence-electron chi connectivity index (χ1n) is 5.50. The molecule has 1 heterocycles. The summed E-state index contributed by atoms with van der Waals surface area (Å²) in [4.78, 5) is 13.4. The molecule has 1 amide bonds. The van der Waals surface area contributed by atoms with Gasteiger partial charge in [-0.05, 0) is 31.3 Å². The first kappa shape index (κ1) is 11.1. The number of hydrogen-bond acceptors (Lipinski definition) is 2. The van der Waals surface area contributed by atoms with Gasteiger partial charge in [-0.3, -0.25) is 4.79 Å². The lowest BCUT2D eigenvalue weighted by Gasteiger charge is -2.11. The molecule has 0 spiro atoms. The van der Waals surface area contributed by atoms with Gasteiger partial charge in [0.25, 0.3) is 5.91 Å². The number of nitrogens with one attached hydrogen (secondary N) is 1. The fraction of sp³-hybridized carbons (Fsp3) is 0.727. The molecule has 80 valence electrons. The van der Waals surface area contributed by atoms with Gasteiger partial charge in [0.1, 0.15) is 5.70 Å². The molecular formula is C11H20N2O. The summed E-state index contributed by atoms with van der Waals surface area (Å²) >= 11 is 0. The van der Waals surface area contributed by atoms with Crippen molar-refractivity contribution in [1.29, 1.82) is 0 Å². The van der Waals surface area contributed by atoms with Crippen LogP contribution in [-0.4, -0.2) is 24.5 Å². The maximum atomic E-state index is 11.4. The van der Waals surface area contributed by atoms with E-state index in [9.17, 15) is 4.79 Å². The molecule has 2 fully saturated rings. The van der Waals surface area contributed by atoms with Crippen molar-refractivity contribution in [3.05, 3.63) is 11.3 Å². The minimum atomic E-state index is 0.120. The van der Waals surface area contributed by atoms with Crippen LogP contribution in [0, 0.1) is 0 Å². The number of carbonyl (C=O) groups is 1. The number of hydrogen-bond donors (Lipinski definition) is 1. The third-order valence-electron chi connectivity index (χ3n) is 2.62. The Hall–Kier alpha value is -0.990. The van der Waals surface area contributed by atoms with E-state index in [-0.39, 0.29) is 5.91 Å². The topological polar surface area (TPSA) is 32.3 Å². The van der Waals surface area contributed by atoms with E-state index < -0.39 is 0 Å². The molecule has 1 saturated carbocycles. The smallest absolute Gasteiger partial charge is 0.268 e. The van der Waals surface area contributed by atoms with Crippen molar-refractivity contribution < 1.29 is 4.79 Å². The van der Waals surface area contributed by atoms with E-state index in [0.717, 1.165) is 18.5 Å². The maximum absolute atomic E-state index is 11.4. The molecule has 0 aromatic rings. The molecule has 1 aliphatic carbocycles. The number of amides is 1. The second kappa shape index (κ2) is 5.03. The molecule has 14 heavy (non-hydrogen) atoms. The zero-order chi connectivity index (χ0) is 10.6. The third kappa shape index (κ3) is 2.08. The summed E-state index contributed by atoms with van der Waals surface area (Å²) in [6.45, 7) is 4.68. The van der Waals surface area contributed by atoms with E-state index in [1.54, 1.807) is 0 Å². The zero-order valence-electron chi connectivity index (χ0n) is 9.39. The van der Waals surface area contributed by atoms with Crippen LogP contribution in [0.5, 0.6) is 0 Å². The van der Waals surface area contributed by atoms with Crippen molar-refractivity contribution in [3.63, 3.8) is 0 Å². The van der Waals surface area contributed by atoms with Crippen LogP contribution in [0.25, 0.3) is 0 Å². The van der Waals surface area contributed by atoms with Gasteiger partial charge in [0, 0.05) is 7.05 Å². The van der Waals surface area contributed by atoms with E-state index in [4.69, 9.17) is 0 Å². The highest BCUT2D eigenvalue weighted by Crippen LogP contribution is 2.29. The van der Waals surface area contributed by atoms with E-state index in [2.05, 4.69) is 5.32 Å². The molecule has 1 aliphatic heterocycles. The Morgan fingerprint density at radius 1 is 1.21 bits per heavy atom. The Balaban J connectivity index is 0.000000461. The van der Waals surface area contributed by atoms with Gasteiger partial charge in [0.2, 0.25) is 0 Å². The summed E-state index contributed by atoms with van der Waals surface area (Å²) < 4.78 is 0. The monoisotopic (exact) mass is 196 g/mol. The average molecular weight is 196 g/mol. The van der Waals surface area contributed by atoms with Crippen LogP contribution >= 0.6 is 0 Å². The first-order chi connectivity index (χ1) is 6.79. The van der Waals surface area contributed by atoms with Crippen LogP contribution in [-0.2, 0) is 4.79 Å². The highest BCUT2D eigenvalue weighted by Gasteiger charge is 2.26. The Morgan fingerprint density at radius 2 is 1.79 bits per heavy atom. The molecule has 3 nitrogen and oxygen atoms in total. The molecular weight excluding hydrogens is 176 g/mol. The van der Waals surface area contributed by atoms with Crippen LogP contribution < -0.4 is 5.32 Å². The van der Waals surface area contributed by atoms with E-state index in [0.29, 0.717) is 6.67 Å². The SMILES string of the molecule is CC.CN1CNC(=O)C1=C1CCCC1. The molecule has 0 atom stereocenters. The quantitative estimate of drug-likeness (QED) is 0.600. The van der Waals surface area contributed by atoms with Gasteiger partial charge in [-0.2, -0.15) is 0 Å². The lowest BCUT2D eigenvalue weighted by molar-refractivity contribution is -0.116. The molecule has 2 rings (SSSR count). The lowest BCUT2D eigenvalue weighted by atomic mass is 10.1. The van der Waals surface area contributed by atoms with Crippen LogP contribution in [0.1, 0.15) is 39.5 Å². The highest BCUT2D eigenvalue weighted by atomic mass is 16.2. The third-order valence-corrected chi connectivity index (χ3v) is 2.62. The van der Waals surface area contributed by atoms with Gasteiger partial charge in [-0.15, -0.1) is 0 Å². The Kier molecular flexibility index (Phi) is 3.98. The van der Waals surface area contributed by atoms with Crippen molar-refractivity contribution in [2.24, 2.45) is 0 Å². The predicted molar refractivity (Wildman–Crippen MR) is 57.6 cm³/mol. The van der Waals surface area contributed by atoms with Crippen molar-refractivity contribution >= 4 is 5.91 Å². The largest absolute Gasteiger partial charge is 0.353 e. The lowest BCUT2D eigenvalue weighted by Crippen LogP contribution is -2.16. The number of rotatable bonds is 0. The highest BCUT2D eigenvalue weighted by molar-refractivity contribution is 5.95. The molecule has 3 heteroatoms. The van der Waals surface area contributed by atoms with Crippen LogP contribution in [0.3, 0.4) is 0 Å². The van der Waals surface area contributed by atoms with Gasteiger partial charge in [0.05, 0.1) is 6.67 Å². The van der Waals surface area contributed by atoms with E-state index >= 15 is 0 Å². The van der Waals surface area contributed by atoms with Gasteiger partial charge in [-0.1, -0.05) is 13.8 Å². The normalized spacial score (nSPS) is 20.8. The summed E-state index contributed by atoms with van der Waals surface area (Å²) in [5.74, 6) is 0.120. The number of nitrogens with zero attached hydrogens (tertiary/aromatic N) is 1. The molecule has 0 bridgehead atoms. The summed E-state index contributed by atoms with van der Waals surface area (Å²) in [5.41, 5.74) is 2.29. The minimum Gasteiger partial charge on any atom is -0.353 e. The second-order valence-corrected chi connectivity index (χ2v) is 3.52. The molecule has 1 N–H and O–H groups in total. The summed E-state index contributed by atoms with van der Waals surface area (Å²) in [6.07, 6.45) is 4.74. The van der Waals surface area contributed by atoms with Crippen molar-refractivity contribution in [3.8, 4) is 0 Å². The van der Waals surface area contributed by atoms with Gasteiger partial charge in [-0.25, -0.2) is 0 Å². The maximum Gasteiger partial charge on any atom is 0.268 e. The molecule has 2 aliphatic rings. The van der Waals surface area contributed by atoms with Crippen LogP contribution in [0.15, 0.2) is 11.3 Å². The van der Waals surface area contributed by atoms with E-state index in [1.807, 2.05) is 25.8 Å². The molecule has 0 aromatic heterocycles. The summed E-state index contributed by atoms with van der Waals surface area (Å²) in [6, 6.07) is 0. The Bertz CT molecular complexity index is 238.